The molecule has 0 aliphatic heterocycles. The number of fused-ring (bicyclic) bond motifs is 1. The fraction of sp³-hybridized carbons (Fsp3) is 0.261. The standard InChI is InChI=1S/C23H24N4OS2/c1-17-9-10-18(2)22-21(17)25-23(30-22)27(13-6-12-26-14-11-24-16-26)20(28)15-29-19-7-4-3-5-8-19/h3-5,7-11,14,16H,6,12-13,15H2,1-2H3. The Hall–Kier alpha value is -2.64. The molecule has 154 valence electrons. The highest BCUT2D eigenvalue weighted by molar-refractivity contribution is 8.00. The van der Waals surface area contributed by atoms with E-state index in [2.05, 4.69) is 31.0 Å². The van der Waals surface area contributed by atoms with Crippen LogP contribution in [0.25, 0.3) is 10.2 Å². The number of nitrogens with zero attached hydrogens (tertiary/aromatic N) is 4. The first-order valence-electron chi connectivity index (χ1n) is 9.92. The molecule has 4 aromatic rings. The number of rotatable bonds is 8. The lowest BCUT2D eigenvalue weighted by atomic mass is 10.1. The number of carbonyl (C=O) groups excluding carboxylic acids is 1. The number of hydrogen-bond acceptors (Lipinski definition) is 5. The van der Waals surface area contributed by atoms with E-state index in [1.807, 2.05) is 52.3 Å². The SMILES string of the molecule is Cc1ccc(C)c2sc(N(CCCn3ccnc3)C(=O)CSc3ccccc3)nc12. The van der Waals surface area contributed by atoms with Gasteiger partial charge < -0.3 is 4.57 Å². The summed E-state index contributed by atoms with van der Waals surface area (Å²) in [5.74, 6) is 0.479. The second-order valence-corrected chi connectivity index (χ2v) is 9.20. The number of amides is 1. The molecule has 0 radical (unpaired) electrons. The third-order valence-corrected chi connectivity index (χ3v) is 7.14. The maximum Gasteiger partial charge on any atom is 0.239 e. The van der Waals surface area contributed by atoms with Crippen LogP contribution in [0.2, 0.25) is 0 Å². The minimum absolute atomic E-state index is 0.0869. The molecule has 2 aromatic heterocycles. The summed E-state index contributed by atoms with van der Waals surface area (Å²) in [7, 11) is 0. The number of aryl methyl sites for hydroxylation is 3. The van der Waals surface area contributed by atoms with E-state index in [1.165, 1.54) is 5.56 Å². The largest absolute Gasteiger partial charge is 0.337 e. The van der Waals surface area contributed by atoms with Crippen molar-refractivity contribution in [1.82, 2.24) is 14.5 Å². The van der Waals surface area contributed by atoms with E-state index in [9.17, 15) is 4.79 Å². The number of thiazole rings is 1. The van der Waals surface area contributed by atoms with Gasteiger partial charge in [0.15, 0.2) is 5.13 Å². The van der Waals surface area contributed by atoms with Gasteiger partial charge in [-0.2, -0.15) is 0 Å². The van der Waals surface area contributed by atoms with Crippen LogP contribution < -0.4 is 4.90 Å². The van der Waals surface area contributed by atoms with Gasteiger partial charge in [0.05, 0.1) is 22.3 Å². The molecule has 0 fully saturated rings. The Labute approximate surface area is 184 Å². The van der Waals surface area contributed by atoms with Gasteiger partial charge in [-0.25, -0.2) is 9.97 Å². The highest BCUT2D eigenvalue weighted by Crippen LogP contribution is 2.33. The van der Waals surface area contributed by atoms with Crippen LogP contribution in [0.1, 0.15) is 17.5 Å². The second-order valence-electron chi connectivity index (χ2n) is 7.17. The highest BCUT2D eigenvalue weighted by Gasteiger charge is 2.21. The Bertz CT molecular complexity index is 1080. The molecule has 0 aliphatic rings. The molecule has 0 bridgehead atoms. The first-order chi connectivity index (χ1) is 14.6. The summed E-state index contributed by atoms with van der Waals surface area (Å²) in [5.41, 5.74) is 3.34. The molecule has 5 nitrogen and oxygen atoms in total. The molecule has 0 saturated heterocycles. The van der Waals surface area contributed by atoms with Gasteiger partial charge in [-0.1, -0.05) is 41.7 Å². The van der Waals surface area contributed by atoms with Gasteiger partial charge in [0, 0.05) is 30.4 Å². The number of thioether (sulfide) groups is 1. The van der Waals surface area contributed by atoms with Gasteiger partial charge in [0.25, 0.3) is 0 Å². The molecule has 30 heavy (non-hydrogen) atoms. The van der Waals surface area contributed by atoms with E-state index in [0.29, 0.717) is 12.3 Å². The molecular weight excluding hydrogens is 412 g/mol. The third-order valence-electron chi connectivity index (χ3n) is 4.93. The Balaban J connectivity index is 1.55. The van der Waals surface area contributed by atoms with Gasteiger partial charge in [-0.15, -0.1) is 11.8 Å². The minimum Gasteiger partial charge on any atom is -0.337 e. The zero-order chi connectivity index (χ0) is 20.9. The smallest absolute Gasteiger partial charge is 0.239 e. The lowest BCUT2D eigenvalue weighted by molar-refractivity contribution is -0.116. The summed E-state index contributed by atoms with van der Waals surface area (Å²) >= 11 is 3.18. The molecule has 0 aliphatic carbocycles. The molecule has 2 heterocycles. The number of anilines is 1. The Kier molecular flexibility index (Phi) is 6.50. The number of aromatic nitrogens is 3. The van der Waals surface area contributed by atoms with Crippen LogP contribution in [0.4, 0.5) is 5.13 Å². The molecule has 4 rings (SSSR count). The predicted octanol–water partition coefficient (Wildman–Crippen LogP) is 5.33. The summed E-state index contributed by atoms with van der Waals surface area (Å²) in [6.45, 7) is 5.62. The van der Waals surface area contributed by atoms with Crippen molar-refractivity contribution in [3.8, 4) is 0 Å². The van der Waals surface area contributed by atoms with Crippen molar-refractivity contribution in [3.63, 3.8) is 0 Å². The molecule has 0 atom stereocenters. The summed E-state index contributed by atoms with van der Waals surface area (Å²) in [6.07, 6.45) is 6.37. The lowest BCUT2D eigenvalue weighted by Crippen LogP contribution is -2.33. The van der Waals surface area contributed by atoms with Crippen molar-refractivity contribution in [2.75, 3.05) is 17.2 Å². The van der Waals surface area contributed by atoms with Crippen LogP contribution in [-0.4, -0.2) is 32.7 Å². The lowest BCUT2D eigenvalue weighted by Gasteiger charge is -2.20. The Morgan fingerprint density at radius 3 is 2.67 bits per heavy atom. The molecule has 2 aromatic carbocycles. The van der Waals surface area contributed by atoms with Gasteiger partial charge >= 0.3 is 0 Å². The van der Waals surface area contributed by atoms with E-state index < -0.39 is 0 Å². The van der Waals surface area contributed by atoms with Crippen molar-refractivity contribution in [3.05, 3.63) is 72.3 Å². The highest BCUT2D eigenvalue weighted by atomic mass is 32.2. The first kappa shape index (κ1) is 20.6. The van der Waals surface area contributed by atoms with Crippen LogP contribution in [0, 0.1) is 13.8 Å². The van der Waals surface area contributed by atoms with E-state index in [1.54, 1.807) is 29.3 Å². The monoisotopic (exact) mass is 436 g/mol. The van der Waals surface area contributed by atoms with Gasteiger partial charge in [0.2, 0.25) is 5.91 Å². The zero-order valence-electron chi connectivity index (χ0n) is 17.1. The Morgan fingerprint density at radius 1 is 1.13 bits per heavy atom. The van der Waals surface area contributed by atoms with Crippen LogP contribution in [0.5, 0.6) is 0 Å². The maximum atomic E-state index is 13.2. The number of imidazole rings is 1. The van der Waals surface area contributed by atoms with Crippen molar-refractivity contribution >= 4 is 44.4 Å². The minimum atomic E-state index is 0.0869. The van der Waals surface area contributed by atoms with E-state index >= 15 is 0 Å². The summed E-state index contributed by atoms with van der Waals surface area (Å²) in [6, 6.07) is 14.3. The summed E-state index contributed by atoms with van der Waals surface area (Å²) in [4.78, 5) is 25.1. The van der Waals surface area contributed by atoms with Gasteiger partial charge in [-0.3, -0.25) is 9.69 Å². The van der Waals surface area contributed by atoms with Crippen LogP contribution in [0.15, 0.2) is 66.1 Å². The first-order valence-corrected chi connectivity index (χ1v) is 11.7. The van der Waals surface area contributed by atoms with Crippen LogP contribution >= 0.6 is 23.1 Å². The normalized spacial score (nSPS) is 11.1. The summed E-state index contributed by atoms with van der Waals surface area (Å²) in [5, 5.41) is 0.784. The maximum absolute atomic E-state index is 13.2. The van der Waals surface area contributed by atoms with E-state index in [-0.39, 0.29) is 5.91 Å². The van der Waals surface area contributed by atoms with E-state index in [4.69, 9.17) is 4.98 Å². The van der Waals surface area contributed by atoms with Crippen LogP contribution in [-0.2, 0) is 11.3 Å². The topological polar surface area (TPSA) is 51.0 Å². The molecule has 0 N–H and O–H groups in total. The fourth-order valence-corrected chi connectivity index (χ4v) is 5.21. The van der Waals surface area contributed by atoms with Crippen molar-refractivity contribution < 1.29 is 4.79 Å². The van der Waals surface area contributed by atoms with Crippen molar-refractivity contribution in [1.29, 1.82) is 0 Å². The molecule has 0 saturated carbocycles. The zero-order valence-corrected chi connectivity index (χ0v) is 18.7. The summed E-state index contributed by atoms with van der Waals surface area (Å²) < 4.78 is 3.20. The van der Waals surface area contributed by atoms with E-state index in [0.717, 1.165) is 38.8 Å². The van der Waals surface area contributed by atoms with Crippen molar-refractivity contribution in [2.24, 2.45) is 0 Å². The molecular formula is C23H24N4OS2. The van der Waals surface area contributed by atoms with Gasteiger partial charge in [0.1, 0.15) is 0 Å². The average molecular weight is 437 g/mol. The number of hydrogen-bond donors (Lipinski definition) is 0. The molecule has 0 unspecified atom stereocenters. The number of benzene rings is 2. The Morgan fingerprint density at radius 2 is 1.93 bits per heavy atom. The average Bonchev–Trinajstić information content (AvgIpc) is 3.44. The van der Waals surface area contributed by atoms with Crippen molar-refractivity contribution in [2.45, 2.75) is 31.7 Å². The predicted molar refractivity (Wildman–Crippen MR) is 125 cm³/mol. The van der Waals surface area contributed by atoms with Crippen LogP contribution in [0.3, 0.4) is 0 Å². The number of carbonyl (C=O) groups is 1. The third kappa shape index (κ3) is 4.74. The fourth-order valence-electron chi connectivity index (χ4n) is 3.26. The second kappa shape index (κ2) is 9.45. The molecule has 0 spiro atoms. The quantitative estimate of drug-likeness (QED) is 0.351. The van der Waals surface area contributed by atoms with Gasteiger partial charge in [-0.05, 0) is 43.5 Å². The molecule has 7 heteroatoms. The molecule has 1 amide bonds.